The molecule has 2 saturated heterocycles. The molecule has 0 spiro atoms. The van der Waals surface area contributed by atoms with E-state index >= 15 is 0 Å². The summed E-state index contributed by atoms with van der Waals surface area (Å²) in [6.45, 7) is 2.28. The SMILES string of the molecule is O=C(c1ccc(N2C(=O)[C@H]3[C@H](C2=O)[C@H]2C=C[C@H]3C2)cc1)N1CCOCC1. The summed E-state index contributed by atoms with van der Waals surface area (Å²) in [7, 11) is 0. The number of anilines is 1. The number of allylic oxidation sites excluding steroid dienone is 2. The molecule has 2 bridgehead atoms. The summed E-state index contributed by atoms with van der Waals surface area (Å²) in [6, 6.07) is 6.82. The molecule has 4 aliphatic rings. The first-order valence-corrected chi connectivity index (χ1v) is 9.18. The third-order valence-corrected chi connectivity index (χ3v) is 6.14. The van der Waals surface area contributed by atoms with Crippen molar-refractivity contribution in [3.63, 3.8) is 0 Å². The van der Waals surface area contributed by atoms with Crippen LogP contribution >= 0.6 is 0 Å². The summed E-state index contributed by atoms with van der Waals surface area (Å²) in [5.41, 5.74) is 1.13. The summed E-state index contributed by atoms with van der Waals surface area (Å²) in [5.74, 6) is -0.229. The van der Waals surface area contributed by atoms with Crippen molar-refractivity contribution in [2.45, 2.75) is 6.42 Å². The maximum atomic E-state index is 12.8. The van der Waals surface area contributed by atoms with E-state index in [9.17, 15) is 14.4 Å². The molecule has 26 heavy (non-hydrogen) atoms. The molecule has 5 rings (SSSR count). The number of carbonyl (C=O) groups excluding carboxylic acids is 3. The van der Waals surface area contributed by atoms with Gasteiger partial charge in [0.05, 0.1) is 30.7 Å². The van der Waals surface area contributed by atoms with Crippen molar-refractivity contribution in [2.75, 3.05) is 31.2 Å². The Hall–Kier alpha value is -2.47. The Kier molecular flexibility index (Phi) is 3.50. The quantitative estimate of drug-likeness (QED) is 0.597. The smallest absolute Gasteiger partial charge is 0.254 e. The molecule has 3 fully saturated rings. The number of benzene rings is 1. The standard InChI is InChI=1S/C20H20N2O4/c23-18(21-7-9-26-10-8-21)12-3-5-15(6-4-12)22-19(24)16-13-1-2-14(11-13)17(16)20(22)25/h1-6,13-14,16-17H,7-11H2/t13-,14-,16+,17+/m0/s1. The van der Waals surface area contributed by atoms with Crippen LogP contribution in [0.3, 0.4) is 0 Å². The molecule has 0 unspecified atom stereocenters. The van der Waals surface area contributed by atoms with Gasteiger partial charge in [-0.1, -0.05) is 12.2 Å². The maximum absolute atomic E-state index is 12.8. The van der Waals surface area contributed by atoms with Crippen molar-refractivity contribution in [2.24, 2.45) is 23.7 Å². The van der Waals surface area contributed by atoms with Crippen molar-refractivity contribution < 1.29 is 19.1 Å². The van der Waals surface area contributed by atoms with Gasteiger partial charge in [0, 0.05) is 18.7 Å². The minimum Gasteiger partial charge on any atom is -0.378 e. The van der Waals surface area contributed by atoms with E-state index in [0.29, 0.717) is 37.6 Å². The fourth-order valence-corrected chi connectivity index (χ4v) is 4.86. The number of carbonyl (C=O) groups is 3. The molecule has 1 aromatic carbocycles. The van der Waals surface area contributed by atoms with Gasteiger partial charge >= 0.3 is 0 Å². The van der Waals surface area contributed by atoms with Crippen LogP contribution < -0.4 is 4.90 Å². The summed E-state index contributed by atoms with van der Waals surface area (Å²) in [4.78, 5) is 41.3. The van der Waals surface area contributed by atoms with Gasteiger partial charge in [0.2, 0.25) is 11.8 Å². The summed E-state index contributed by atoms with van der Waals surface area (Å²) in [6.07, 6.45) is 5.10. The number of ether oxygens (including phenoxy) is 1. The van der Waals surface area contributed by atoms with E-state index < -0.39 is 0 Å². The second-order valence-corrected chi connectivity index (χ2v) is 7.46. The van der Waals surface area contributed by atoms with Gasteiger partial charge in [-0.05, 0) is 42.5 Å². The van der Waals surface area contributed by atoms with Crippen molar-refractivity contribution >= 4 is 23.4 Å². The lowest BCUT2D eigenvalue weighted by Gasteiger charge is -2.27. The molecule has 0 aromatic heterocycles. The number of nitrogens with zero attached hydrogens (tertiary/aromatic N) is 2. The number of morpholine rings is 1. The van der Waals surface area contributed by atoms with E-state index in [1.165, 1.54) is 4.90 Å². The lowest BCUT2D eigenvalue weighted by atomic mass is 9.85. The van der Waals surface area contributed by atoms with Crippen LogP contribution in [0, 0.1) is 23.7 Å². The van der Waals surface area contributed by atoms with Crippen LogP contribution in [0.15, 0.2) is 36.4 Å². The monoisotopic (exact) mass is 352 g/mol. The largest absolute Gasteiger partial charge is 0.378 e. The van der Waals surface area contributed by atoms with E-state index in [1.807, 2.05) is 0 Å². The zero-order chi connectivity index (χ0) is 17.8. The molecule has 2 aliphatic heterocycles. The van der Waals surface area contributed by atoms with Gasteiger partial charge in [0.1, 0.15) is 0 Å². The average Bonchev–Trinajstić information content (AvgIpc) is 3.36. The number of fused-ring (bicyclic) bond motifs is 5. The number of imide groups is 1. The molecule has 6 heteroatoms. The normalized spacial score (nSPS) is 32.5. The van der Waals surface area contributed by atoms with Gasteiger partial charge in [0.15, 0.2) is 0 Å². The molecule has 2 heterocycles. The Balaban J connectivity index is 1.37. The Morgan fingerprint density at radius 1 is 0.923 bits per heavy atom. The number of hydrogen-bond donors (Lipinski definition) is 0. The van der Waals surface area contributed by atoms with Gasteiger partial charge in [-0.15, -0.1) is 0 Å². The predicted octanol–water partition coefficient (Wildman–Crippen LogP) is 1.47. The molecule has 0 radical (unpaired) electrons. The molecule has 1 saturated carbocycles. The van der Waals surface area contributed by atoms with Crippen LogP contribution in [-0.2, 0) is 14.3 Å². The first-order chi connectivity index (χ1) is 12.6. The minimum absolute atomic E-state index is 0.0435. The van der Waals surface area contributed by atoms with Gasteiger partial charge in [-0.25, -0.2) is 0 Å². The Bertz CT molecular complexity index is 780. The van der Waals surface area contributed by atoms with Crippen LogP contribution in [0.2, 0.25) is 0 Å². The van der Waals surface area contributed by atoms with E-state index in [-0.39, 0.29) is 41.4 Å². The highest BCUT2D eigenvalue weighted by atomic mass is 16.5. The lowest BCUT2D eigenvalue weighted by molar-refractivity contribution is -0.123. The van der Waals surface area contributed by atoms with Crippen LogP contribution in [0.5, 0.6) is 0 Å². The summed E-state index contributed by atoms with van der Waals surface area (Å²) >= 11 is 0. The van der Waals surface area contributed by atoms with Crippen molar-refractivity contribution in [1.82, 2.24) is 4.90 Å². The molecular formula is C20H20N2O4. The Morgan fingerprint density at radius 2 is 1.50 bits per heavy atom. The minimum atomic E-state index is -0.202. The summed E-state index contributed by atoms with van der Waals surface area (Å²) < 4.78 is 5.27. The highest BCUT2D eigenvalue weighted by molar-refractivity contribution is 6.22. The zero-order valence-electron chi connectivity index (χ0n) is 14.3. The molecule has 1 aromatic rings. The Labute approximate surface area is 151 Å². The van der Waals surface area contributed by atoms with Crippen LogP contribution in [0.1, 0.15) is 16.8 Å². The van der Waals surface area contributed by atoms with Crippen molar-refractivity contribution in [3.8, 4) is 0 Å². The second-order valence-electron chi connectivity index (χ2n) is 7.46. The number of hydrogen-bond acceptors (Lipinski definition) is 4. The molecule has 134 valence electrons. The molecule has 0 N–H and O–H groups in total. The first kappa shape index (κ1) is 15.8. The first-order valence-electron chi connectivity index (χ1n) is 9.18. The Morgan fingerprint density at radius 3 is 2.08 bits per heavy atom. The van der Waals surface area contributed by atoms with Crippen molar-refractivity contribution in [3.05, 3.63) is 42.0 Å². The van der Waals surface area contributed by atoms with Crippen molar-refractivity contribution in [1.29, 1.82) is 0 Å². The van der Waals surface area contributed by atoms with Gasteiger partial charge < -0.3 is 9.64 Å². The maximum Gasteiger partial charge on any atom is 0.254 e. The van der Waals surface area contributed by atoms with Crippen LogP contribution in [0.25, 0.3) is 0 Å². The van der Waals surface area contributed by atoms with E-state index in [4.69, 9.17) is 4.74 Å². The van der Waals surface area contributed by atoms with E-state index in [2.05, 4.69) is 12.2 Å². The third kappa shape index (κ3) is 2.18. The van der Waals surface area contributed by atoms with E-state index in [0.717, 1.165) is 6.42 Å². The molecular weight excluding hydrogens is 332 g/mol. The molecule has 4 atom stereocenters. The number of amides is 3. The fraction of sp³-hybridized carbons (Fsp3) is 0.450. The predicted molar refractivity (Wildman–Crippen MR) is 93.4 cm³/mol. The average molecular weight is 352 g/mol. The highest BCUT2D eigenvalue weighted by Crippen LogP contribution is 2.53. The van der Waals surface area contributed by atoms with Crippen LogP contribution in [-0.4, -0.2) is 48.9 Å². The zero-order valence-corrected chi connectivity index (χ0v) is 14.3. The molecule has 3 amide bonds. The number of rotatable bonds is 2. The lowest BCUT2D eigenvalue weighted by Crippen LogP contribution is -2.40. The summed E-state index contributed by atoms with van der Waals surface area (Å²) in [5, 5.41) is 0. The van der Waals surface area contributed by atoms with Crippen LogP contribution in [0.4, 0.5) is 5.69 Å². The van der Waals surface area contributed by atoms with Gasteiger partial charge in [-0.2, -0.15) is 0 Å². The van der Waals surface area contributed by atoms with E-state index in [1.54, 1.807) is 29.2 Å². The van der Waals surface area contributed by atoms with Gasteiger partial charge in [0.25, 0.3) is 5.91 Å². The third-order valence-electron chi connectivity index (χ3n) is 6.14. The highest BCUT2D eigenvalue weighted by Gasteiger charge is 2.59. The second kappa shape index (κ2) is 5.77. The van der Waals surface area contributed by atoms with Gasteiger partial charge in [-0.3, -0.25) is 19.3 Å². The fourth-order valence-electron chi connectivity index (χ4n) is 4.86. The topological polar surface area (TPSA) is 66.9 Å². The molecule has 6 nitrogen and oxygen atoms in total. The molecule has 2 aliphatic carbocycles.